The minimum Gasteiger partial charge on any atom is -0.379 e. The van der Waals surface area contributed by atoms with Gasteiger partial charge >= 0.3 is 0 Å². The molecule has 2 aromatic carbocycles. The van der Waals surface area contributed by atoms with E-state index < -0.39 is 10.0 Å². The molecule has 2 saturated heterocycles. The maximum atomic E-state index is 13.7. The monoisotopic (exact) mass is 606 g/mol. The SMILES string of the molecule is O=c1c(NCCCN2CCOCC2)c(N2CCN(S(=O)(=O)c3ccc(Cl)c(Cl)c3)CC2)cnn1-c1ccccc1. The molecule has 0 bridgehead atoms. The summed E-state index contributed by atoms with van der Waals surface area (Å²) < 4.78 is 34.7. The van der Waals surface area contributed by atoms with Gasteiger partial charge in [-0.25, -0.2) is 8.42 Å². The lowest BCUT2D eigenvalue weighted by atomic mass is 10.2. The molecule has 5 rings (SSSR count). The van der Waals surface area contributed by atoms with Crippen molar-refractivity contribution in [1.82, 2.24) is 19.0 Å². The van der Waals surface area contributed by atoms with E-state index in [9.17, 15) is 13.2 Å². The summed E-state index contributed by atoms with van der Waals surface area (Å²) in [4.78, 5) is 18.1. The van der Waals surface area contributed by atoms with Crippen LogP contribution >= 0.6 is 23.2 Å². The quantitative estimate of drug-likeness (QED) is 0.371. The van der Waals surface area contributed by atoms with Crippen LogP contribution in [0.3, 0.4) is 0 Å². The van der Waals surface area contributed by atoms with Gasteiger partial charge < -0.3 is 15.0 Å². The van der Waals surface area contributed by atoms with Gasteiger partial charge in [0, 0.05) is 45.8 Å². The summed E-state index contributed by atoms with van der Waals surface area (Å²) in [5.74, 6) is 0. The zero-order valence-corrected chi connectivity index (χ0v) is 24.3. The number of benzene rings is 2. The van der Waals surface area contributed by atoms with Crippen molar-refractivity contribution in [2.75, 3.05) is 75.8 Å². The van der Waals surface area contributed by atoms with E-state index in [1.807, 2.05) is 35.2 Å². The normalized spacial score (nSPS) is 17.2. The van der Waals surface area contributed by atoms with Crippen molar-refractivity contribution in [2.45, 2.75) is 11.3 Å². The lowest BCUT2D eigenvalue weighted by Crippen LogP contribution is -2.49. The molecule has 0 amide bonds. The molecule has 1 aromatic heterocycles. The molecule has 3 heterocycles. The van der Waals surface area contributed by atoms with Crippen LogP contribution in [0.25, 0.3) is 5.69 Å². The molecule has 13 heteroatoms. The first-order valence-electron chi connectivity index (χ1n) is 13.3. The Bertz CT molecular complexity index is 1470. The maximum Gasteiger partial charge on any atom is 0.296 e. The van der Waals surface area contributed by atoms with Crippen molar-refractivity contribution in [1.29, 1.82) is 0 Å². The Morgan fingerprint density at radius 2 is 1.65 bits per heavy atom. The van der Waals surface area contributed by atoms with E-state index in [2.05, 4.69) is 15.3 Å². The molecular formula is C27H32Cl2N6O4S. The van der Waals surface area contributed by atoms with Crippen LogP contribution in [0.2, 0.25) is 10.0 Å². The van der Waals surface area contributed by atoms with Gasteiger partial charge in [-0.1, -0.05) is 41.4 Å². The fourth-order valence-electron chi connectivity index (χ4n) is 4.90. The summed E-state index contributed by atoms with van der Waals surface area (Å²) in [5.41, 5.74) is 1.55. The molecule has 0 aliphatic carbocycles. The number of nitrogens with one attached hydrogen (secondary N) is 1. The third-order valence-corrected chi connectivity index (χ3v) is 9.76. The van der Waals surface area contributed by atoms with Crippen LogP contribution in [0.4, 0.5) is 11.4 Å². The molecule has 3 aromatic rings. The smallest absolute Gasteiger partial charge is 0.296 e. The van der Waals surface area contributed by atoms with Crippen LogP contribution in [0.1, 0.15) is 6.42 Å². The Balaban J connectivity index is 1.33. The van der Waals surface area contributed by atoms with Gasteiger partial charge in [-0.2, -0.15) is 14.1 Å². The summed E-state index contributed by atoms with van der Waals surface area (Å²) >= 11 is 12.0. The van der Waals surface area contributed by atoms with E-state index in [0.29, 0.717) is 41.7 Å². The van der Waals surface area contributed by atoms with E-state index in [4.69, 9.17) is 27.9 Å². The molecule has 0 saturated carbocycles. The lowest BCUT2D eigenvalue weighted by molar-refractivity contribution is 0.0378. The Kier molecular flexibility index (Phi) is 9.29. The van der Waals surface area contributed by atoms with E-state index in [0.717, 1.165) is 39.3 Å². The summed E-state index contributed by atoms with van der Waals surface area (Å²) in [6.45, 7) is 6.15. The summed E-state index contributed by atoms with van der Waals surface area (Å²) in [6.07, 6.45) is 2.55. The number of ether oxygens (including phenoxy) is 1. The number of aromatic nitrogens is 2. The van der Waals surface area contributed by atoms with Crippen LogP contribution in [-0.2, 0) is 14.8 Å². The van der Waals surface area contributed by atoms with Gasteiger partial charge in [0.05, 0.1) is 45.7 Å². The second-order valence-corrected chi connectivity index (χ2v) is 12.4. The number of anilines is 2. The zero-order valence-electron chi connectivity index (χ0n) is 22.0. The van der Waals surface area contributed by atoms with Gasteiger partial charge in [-0.15, -0.1) is 0 Å². The van der Waals surface area contributed by atoms with Gasteiger partial charge in [0.2, 0.25) is 10.0 Å². The second-order valence-electron chi connectivity index (χ2n) is 9.66. The minimum absolute atomic E-state index is 0.102. The van der Waals surface area contributed by atoms with Crippen molar-refractivity contribution in [3.05, 3.63) is 75.1 Å². The molecule has 2 fully saturated rings. The molecule has 1 N–H and O–H groups in total. The Morgan fingerprint density at radius 1 is 0.925 bits per heavy atom. The van der Waals surface area contributed by atoms with Crippen LogP contribution in [0, 0.1) is 0 Å². The molecule has 2 aliphatic rings. The predicted molar refractivity (Wildman–Crippen MR) is 158 cm³/mol. The Labute approximate surface area is 244 Å². The third kappa shape index (κ3) is 6.45. The summed E-state index contributed by atoms with van der Waals surface area (Å²) in [5, 5.41) is 8.33. The molecule has 40 heavy (non-hydrogen) atoms. The van der Waals surface area contributed by atoms with Crippen molar-refractivity contribution >= 4 is 44.6 Å². The van der Waals surface area contributed by atoms with E-state index in [1.165, 1.54) is 27.2 Å². The van der Waals surface area contributed by atoms with Crippen molar-refractivity contribution in [2.24, 2.45) is 0 Å². The van der Waals surface area contributed by atoms with Crippen LogP contribution in [0.5, 0.6) is 0 Å². The Hall–Kier alpha value is -2.67. The molecule has 0 atom stereocenters. The Morgan fingerprint density at radius 3 is 2.35 bits per heavy atom. The largest absolute Gasteiger partial charge is 0.379 e. The number of para-hydroxylation sites is 1. The fourth-order valence-corrected chi connectivity index (χ4v) is 6.71. The molecule has 0 radical (unpaired) electrons. The highest BCUT2D eigenvalue weighted by Crippen LogP contribution is 2.29. The van der Waals surface area contributed by atoms with Gasteiger partial charge in [0.1, 0.15) is 5.69 Å². The molecular weight excluding hydrogens is 575 g/mol. The van der Waals surface area contributed by atoms with E-state index in [1.54, 1.807) is 6.20 Å². The summed E-state index contributed by atoms with van der Waals surface area (Å²) in [6, 6.07) is 13.6. The average Bonchev–Trinajstić information content (AvgIpc) is 2.98. The number of halogens is 2. The third-order valence-electron chi connectivity index (χ3n) is 7.12. The minimum atomic E-state index is -3.74. The molecule has 10 nitrogen and oxygen atoms in total. The van der Waals surface area contributed by atoms with Crippen molar-refractivity contribution < 1.29 is 13.2 Å². The van der Waals surface area contributed by atoms with Crippen molar-refractivity contribution in [3.63, 3.8) is 0 Å². The standard InChI is InChI=1S/C27H32Cl2N6O4S/c28-23-8-7-22(19-24(23)29)40(37,38)34-13-11-33(12-14-34)25-20-31-35(21-5-2-1-3-6-21)27(36)26(25)30-9-4-10-32-15-17-39-18-16-32/h1-3,5-8,19-20,30H,4,9-18H2. The van der Waals surface area contributed by atoms with Gasteiger partial charge in [0.15, 0.2) is 0 Å². The number of sulfonamides is 1. The second kappa shape index (κ2) is 12.9. The predicted octanol–water partition coefficient (Wildman–Crippen LogP) is 3.18. The molecule has 2 aliphatic heterocycles. The fraction of sp³-hybridized carbons (Fsp3) is 0.407. The van der Waals surface area contributed by atoms with Gasteiger partial charge in [-0.05, 0) is 43.3 Å². The zero-order chi connectivity index (χ0) is 28.1. The van der Waals surface area contributed by atoms with Crippen LogP contribution < -0.4 is 15.8 Å². The van der Waals surface area contributed by atoms with Gasteiger partial charge in [0.25, 0.3) is 5.56 Å². The molecule has 0 spiro atoms. The number of hydrogen-bond donors (Lipinski definition) is 1. The number of nitrogens with zero attached hydrogens (tertiary/aromatic N) is 5. The number of rotatable bonds is 9. The number of hydrogen-bond acceptors (Lipinski definition) is 8. The topological polar surface area (TPSA) is 100 Å². The lowest BCUT2D eigenvalue weighted by Gasteiger charge is -2.36. The van der Waals surface area contributed by atoms with E-state index in [-0.39, 0.29) is 28.6 Å². The first kappa shape index (κ1) is 28.8. The number of morpholine rings is 1. The average molecular weight is 608 g/mol. The van der Waals surface area contributed by atoms with E-state index >= 15 is 0 Å². The van der Waals surface area contributed by atoms with Crippen LogP contribution in [-0.4, -0.2) is 93.0 Å². The molecule has 0 unspecified atom stereocenters. The highest BCUT2D eigenvalue weighted by Gasteiger charge is 2.30. The molecule has 214 valence electrons. The first-order valence-corrected chi connectivity index (χ1v) is 15.5. The highest BCUT2D eigenvalue weighted by atomic mass is 35.5. The van der Waals surface area contributed by atoms with Crippen LogP contribution in [0.15, 0.2) is 64.4 Å². The van der Waals surface area contributed by atoms with Crippen molar-refractivity contribution in [3.8, 4) is 5.69 Å². The maximum absolute atomic E-state index is 13.7. The highest BCUT2D eigenvalue weighted by molar-refractivity contribution is 7.89. The first-order chi connectivity index (χ1) is 19.3. The van der Waals surface area contributed by atoms with Gasteiger partial charge in [-0.3, -0.25) is 9.69 Å². The number of piperazine rings is 1. The summed E-state index contributed by atoms with van der Waals surface area (Å²) in [7, 11) is -3.74.